The summed E-state index contributed by atoms with van der Waals surface area (Å²) in [6, 6.07) is 22.5. The van der Waals surface area contributed by atoms with E-state index in [1.807, 2.05) is 67.6 Å². The van der Waals surface area contributed by atoms with Crippen molar-refractivity contribution in [3.63, 3.8) is 0 Å². The van der Waals surface area contributed by atoms with Gasteiger partial charge in [-0.1, -0.05) is 41.9 Å². The zero-order chi connectivity index (χ0) is 20.5. The number of carbonyl (C=O) groups is 1. The van der Waals surface area contributed by atoms with E-state index in [0.717, 1.165) is 17.0 Å². The molecular formula is C23H23ClN2O3. The first-order chi connectivity index (χ1) is 14.1. The van der Waals surface area contributed by atoms with Crippen LogP contribution in [0, 0.1) is 6.92 Å². The molecule has 0 spiro atoms. The van der Waals surface area contributed by atoms with Gasteiger partial charge in [0.2, 0.25) is 5.91 Å². The number of benzene rings is 3. The number of carbonyl (C=O) groups excluding carboxylic acids is 1. The number of halogens is 1. The van der Waals surface area contributed by atoms with E-state index in [9.17, 15) is 4.79 Å². The van der Waals surface area contributed by atoms with Gasteiger partial charge in [0.25, 0.3) is 0 Å². The standard InChI is InChI=1S/C23H23ClN2O3/c1-17-21(24)11-6-12-22(17)26-23(27)16-25-18-7-5-10-20(15-18)29-14-13-28-19-8-3-2-4-9-19/h2-12,15,25H,13-14,16H2,1H3,(H,26,27). The van der Waals surface area contributed by atoms with Gasteiger partial charge in [-0.25, -0.2) is 0 Å². The van der Waals surface area contributed by atoms with E-state index in [1.165, 1.54) is 0 Å². The molecule has 0 unspecified atom stereocenters. The van der Waals surface area contributed by atoms with Gasteiger partial charge in [-0.3, -0.25) is 4.79 Å². The van der Waals surface area contributed by atoms with E-state index in [4.69, 9.17) is 21.1 Å². The normalized spacial score (nSPS) is 10.3. The van der Waals surface area contributed by atoms with Gasteiger partial charge in [-0.2, -0.15) is 0 Å². The summed E-state index contributed by atoms with van der Waals surface area (Å²) in [5.74, 6) is 1.36. The van der Waals surface area contributed by atoms with Crippen molar-refractivity contribution in [1.29, 1.82) is 0 Å². The molecule has 0 aliphatic heterocycles. The highest BCUT2D eigenvalue weighted by molar-refractivity contribution is 6.31. The lowest BCUT2D eigenvalue weighted by atomic mass is 10.2. The molecule has 1 amide bonds. The van der Waals surface area contributed by atoms with E-state index in [-0.39, 0.29) is 12.5 Å². The van der Waals surface area contributed by atoms with Gasteiger partial charge in [-0.15, -0.1) is 0 Å². The number of rotatable bonds is 9. The lowest BCUT2D eigenvalue weighted by Crippen LogP contribution is -2.22. The summed E-state index contributed by atoms with van der Waals surface area (Å²) < 4.78 is 11.3. The van der Waals surface area contributed by atoms with Crippen molar-refractivity contribution in [3.05, 3.63) is 83.4 Å². The summed E-state index contributed by atoms with van der Waals surface area (Å²) >= 11 is 6.08. The Kier molecular flexibility index (Phi) is 7.36. The van der Waals surface area contributed by atoms with E-state index >= 15 is 0 Å². The topological polar surface area (TPSA) is 59.6 Å². The van der Waals surface area contributed by atoms with Crippen LogP contribution in [0.25, 0.3) is 0 Å². The second-order valence-corrected chi connectivity index (χ2v) is 6.76. The summed E-state index contributed by atoms with van der Waals surface area (Å²) in [6.45, 7) is 2.87. The number of hydrogen-bond acceptors (Lipinski definition) is 4. The van der Waals surface area contributed by atoms with Crippen LogP contribution in [-0.4, -0.2) is 25.7 Å². The molecule has 0 atom stereocenters. The number of para-hydroxylation sites is 1. The van der Waals surface area contributed by atoms with E-state index in [1.54, 1.807) is 12.1 Å². The Labute approximate surface area is 175 Å². The fourth-order valence-corrected chi connectivity index (χ4v) is 2.83. The van der Waals surface area contributed by atoms with Crippen molar-refractivity contribution in [2.75, 3.05) is 30.4 Å². The minimum atomic E-state index is -0.155. The average molecular weight is 411 g/mol. The third-order valence-corrected chi connectivity index (χ3v) is 4.60. The number of ether oxygens (including phenoxy) is 2. The van der Waals surface area contributed by atoms with Gasteiger partial charge in [0.15, 0.2) is 0 Å². The van der Waals surface area contributed by atoms with Crippen LogP contribution in [0.1, 0.15) is 5.56 Å². The minimum absolute atomic E-state index is 0.131. The van der Waals surface area contributed by atoms with Gasteiger partial charge < -0.3 is 20.1 Å². The second kappa shape index (κ2) is 10.4. The molecule has 29 heavy (non-hydrogen) atoms. The molecule has 0 aliphatic carbocycles. The first kappa shape index (κ1) is 20.6. The molecule has 0 fully saturated rings. The van der Waals surface area contributed by atoms with Gasteiger partial charge in [0, 0.05) is 22.5 Å². The largest absolute Gasteiger partial charge is 0.490 e. The first-order valence-electron chi connectivity index (χ1n) is 9.31. The van der Waals surface area contributed by atoms with Crippen molar-refractivity contribution < 1.29 is 14.3 Å². The SMILES string of the molecule is Cc1c(Cl)cccc1NC(=O)CNc1cccc(OCCOc2ccccc2)c1. The molecule has 2 N–H and O–H groups in total. The van der Waals surface area contributed by atoms with E-state index in [2.05, 4.69) is 10.6 Å². The molecule has 5 nitrogen and oxygen atoms in total. The molecule has 0 heterocycles. The quantitative estimate of drug-likeness (QED) is 0.478. The summed E-state index contributed by atoms with van der Waals surface area (Å²) in [7, 11) is 0. The maximum absolute atomic E-state index is 12.2. The molecule has 150 valence electrons. The fraction of sp³-hybridized carbons (Fsp3) is 0.174. The lowest BCUT2D eigenvalue weighted by Gasteiger charge is -2.12. The maximum atomic E-state index is 12.2. The fourth-order valence-electron chi connectivity index (χ4n) is 2.65. The molecule has 3 rings (SSSR count). The summed E-state index contributed by atoms with van der Waals surface area (Å²) in [6.07, 6.45) is 0. The lowest BCUT2D eigenvalue weighted by molar-refractivity contribution is -0.114. The first-order valence-corrected chi connectivity index (χ1v) is 9.69. The zero-order valence-corrected chi connectivity index (χ0v) is 16.9. The Balaban J connectivity index is 1.44. The third kappa shape index (κ3) is 6.43. The highest BCUT2D eigenvalue weighted by atomic mass is 35.5. The van der Waals surface area contributed by atoms with Crippen LogP contribution in [0.2, 0.25) is 5.02 Å². The third-order valence-electron chi connectivity index (χ3n) is 4.19. The molecule has 0 saturated carbocycles. The molecule has 0 aromatic heterocycles. The molecule has 0 bridgehead atoms. The van der Waals surface area contributed by atoms with E-state index < -0.39 is 0 Å². The predicted molar refractivity (Wildman–Crippen MR) is 117 cm³/mol. The number of amides is 1. The Hall–Kier alpha value is -3.18. The Bertz CT molecular complexity index is 948. The zero-order valence-electron chi connectivity index (χ0n) is 16.2. The predicted octanol–water partition coefficient (Wildman–Crippen LogP) is 5.16. The molecule has 3 aromatic rings. The van der Waals surface area contributed by atoms with Crippen LogP contribution < -0.4 is 20.1 Å². The molecule has 0 radical (unpaired) electrons. The van der Waals surface area contributed by atoms with Crippen LogP contribution in [0.3, 0.4) is 0 Å². The van der Waals surface area contributed by atoms with Crippen LogP contribution in [0.4, 0.5) is 11.4 Å². The van der Waals surface area contributed by atoms with Crippen molar-refractivity contribution in [3.8, 4) is 11.5 Å². The van der Waals surface area contributed by atoms with Crippen molar-refractivity contribution in [2.24, 2.45) is 0 Å². The maximum Gasteiger partial charge on any atom is 0.243 e. The van der Waals surface area contributed by atoms with E-state index in [0.29, 0.717) is 29.7 Å². The highest BCUT2D eigenvalue weighted by Gasteiger charge is 2.07. The van der Waals surface area contributed by atoms with Gasteiger partial charge in [-0.05, 0) is 48.9 Å². The van der Waals surface area contributed by atoms with Gasteiger partial charge in [0.1, 0.15) is 24.7 Å². The minimum Gasteiger partial charge on any atom is -0.490 e. The van der Waals surface area contributed by atoms with Crippen molar-refractivity contribution in [2.45, 2.75) is 6.92 Å². The molecule has 0 saturated heterocycles. The molecular weight excluding hydrogens is 388 g/mol. The molecule has 6 heteroatoms. The Morgan fingerprint density at radius 3 is 2.38 bits per heavy atom. The Morgan fingerprint density at radius 1 is 0.897 bits per heavy atom. The van der Waals surface area contributed by atoms with Gasteiger partial charge >= 0.3 is 0 Å². The molecule has 3 aromatic carbocycles. The summed E-state index contributed by atoms with van der Waals surface area (Å²) in [4.78, 5) is 12.2. The number of nitrogens with one attached hydrogen (secondary N) is 2. The summed E-state index contributed by atoms with van der Waals surface area (Å²) in [5.41, 5.74) is 2.35. The average Bonchev–Trinajstić information content (AvgIpc) is 2.74. The second-order valence-electron chi connectivity index (χ2n) is 6.35. The molecule has 0 aliphatic rings. The Morgan fingerprint density at radius 2 is 1.59 bits per heavy atom. The highest BCUT2D eigenvalue weighted by Crippen LogP contribution is 2.23. The number of hydrogen-bond donors (Lipinski definition) is 2. The number of anilines is 2. The van der Waals surface area contributed by atoms with Crippen molar-refractivity contribution >= 4 is 28.9 Å². The summed E-state index contributed by atoms with van der Waals surface area (Å²) in [5, 5.41) is 6.58. The van der Waals surface area contributed by atoms with Crippen LogP contribution >= 0.6 is 11.6 Å². The van der Waals surface area contributed by atoms with Gasteiger partial charge in [0.05, 0.1) is 6.54 Å². The smallest absolute Gasteiger partial charge is 0.243 e. The monoisotopic (exact) mass is 410 g/mol. The van der Waals surface area contributed by atoms with Crippen LogP contribution in [0.5, 0.6) is 11.5 Å². The van der Waals surface area contributed by atoms with Crippen LogP contribution in [0.15, 0.2) is 72.8 Å². The van der Waals surface area contributed by atoms with Crippen LogP contribution in [-0.2, 0) is 4.79 Å². The van der Waals surface area contributed by atoms with Crippen molar-refractivity contribution in [1.82, 2.24) is 0 Å².